The number of thioether (sulfide) groups is 1. The molecule has 0 radical (unpaired) electrons. The molecule has 1 N–H and O–H groups in total. The molecule has 180 valence electrons. The zero-order valence-corrected chi connectivity index (χ0v) is 20.4. The van der Waals surface area contributed by atoms with Crippen molar-refractivity contribution in [2.24, 2.45) is 0 Å². The van der Waals surface area contributed by atoms with Gasteiger partial charge in [-0.1, -0.05) is 60.7 Å². The Hall–Kier alpha value is -2.77. The van der Waals surface area contributed by atoms with Gasteiger partial charge in [0.2, 0.25) is 5.91 Å². The van der Waals surface area contributed by atoms with Gasteiger partial charge < -0.3 is 19.6 Å². The first-order valence-corrected chi connectivity index (χ1v) is 12.8. The normalized spacial score (nSPS) is 21.4. The molecule has 2 aliphatic heterocycles. The van der Waals surface area contributed by atoms with E-state index in [1.807, 2.05) is 65.6 Å². The third-order valence-electron chi connectivity index (χ3n) is 6.54. The Balaban J connectivity index is 1.45. The first-order chi connectivity index (χ1) is 16.5. The fourth-order valence-corrected chi connectivity index (χ4v) is 5.43. The Morgan fingerprint density at radius 3 is 2.32 bits per heavy atom. The van der Waals surface area contributed by atoms with Crippen LogP contribution in [0.25, 0.3) is 0 Å². The van der Waals surface area contributed by atoms with E-state index in [1.165, 1.54) is 11.8 Å². The van der Waals surface area contributed by atoms with E-state index in [0.717, 1.165) is 37.3 Å². The van der Waals surface area contributed by atoms with Crippen LogP contribution < -0.4 is 0 Å². The van der Waals surface area contributed by atoms with Gasteiger partial charge in [-0.15, -0.1) is 11.8 Å². The maximum atomic E-state index is 13.0. The van der Waals surface area contributed by atoms with Gasteiger partial charge in [0.25, 0.3) is 0 Å². The maximum absolute atomic E-state index is 13.0. The molecule has 7 heteroatoms. The predicted octanol–water partition coefficient (Wildman–Crippen LogP) is 4.48. The fraction of sp³-hybridized carbons (Fsp3) is 0.407. The summed E-state index contributed by atoms with van der Waals surface area (Å²) in [6.07, 6.45) is 1.66. The lowest BCUT2D eigenvalue weighted by atomic mass is 9.83. The number of carbonyl (C=O) groups excluding carboxylic acids is 2. The van der Waals surface area contributed by atoms with Crippen LogP contribution in [0.2, 0.25) is 0 Å². The zero-order valence-electron chi connectivity index (χ0n) is 19.6. The monoisotopic (exact) mass is 480 g/mol. The Morgan fingerprint density at radius 1 is 1.03 bits per heavy atom. The van der Waals surface area contributed by atoms with E-state index in [-0.39, 0.29) is 23.0 Å². The summed E-state index contributed by atoms with van der Waals surface area (Å²) < 4.78 is 6.06. The first kappa shape index (κ1) is 24.4. The Morgan fingerprint density at radius 2 is 1.68 bits per heavy atom. The van der Waals surface area contributed by atoms with Crippen molar-refractivity contribution in [3.05, 3.63) is 82.5 Å². The molecular formula is C27H32N2O4S. The summed E-state index contributed by atoms with van der Waals surface area (Å²) in [5, 5.41) is 10.9. The van der Waals surface area contributed by atoms with E-state index in [4.69, 9.17) is 4.74 Å². The third-order valence-corrected chi connectivity index (χ3v) is 7.71. The van der Waals surface area contributed by atoms with Crippen LogP contribution in [-0.2, 0) is 25.7 Å². The molecule has 0 aromatic heterocycles. The van der Waals surface area contributed by atoms with E-state index >= 15 is 0 Å². The number of esters is 1. The van der Waals surface area contributed by atoms with Gasteiger partial charge in [0.1, 0.15) is 16.3 Å². The van der Waals surface area contributed by atoms with Crippen molar-refractivity contribution in [1.82, 2.24) is 9.80 Å². The number of piperazine rings is 1. The molecule has 6 nitrogen and oxygen atoms in total. The molecule has 1 amide bonds. The average molecular weight is 481 g/mol. The number of ether oxygens (including phenoxy) is 1. The molecule has 2 heterocycles. The quantitative estimate of drug-likeness (QED) is 0.562. The number of rotatable bonds is 8. The molecule has 34 heavy (non-hydrogen) atoms. The minimum Gasteiger partial charge on any atom is -0.511 e. The van der Waals surface area contributed by atoms with Crippen molar-refractivity contribution in [2.45, 2.75) is 37.0 Å². The van der Waals surface area contributed by atoms with Gasteiger partial charge in [0.05, 0.1) is 6.42 Å². The number of likely N-dealkylation sites (N-methyl/N-ethyl adjacent to an activating group) is 1. The minimum atomic E-state index is -0.971. The number of benzene rings is 2. The number of aliphatic hydroxyl groups excluding tert-OH is 1. The molecule has 0 bridgehead atoms. The van der Waals surface area contributed by atoms with Crippen molar-refractivity contribution in [3.63, 3.8) is 0 Å². The van der Waals surface area contributed by atoms with Crippen molar-refractivity contribution >= 4 is 23.6 Å². The summed E-state index contributed by atoms with van der Waals surface area (Å²) in [5.41, 5.74) is 0.943. The van der Waals surface area contributed by atoms with Crippen LogP contribution in [0.4, 0.5) is 0 Å². The summed E-state index contributed by atoms with van der Waals surface area (Å²) in [6, 6.07) is 19.4. The second-order valence-electron chi connectivity index (χ2n) is 9.01. The van der Waals surface area contributed by atoms with Crippen molar-refractivity contribution in [3.8, 4) is 0 Å². The van der Waals surface area contributed by atoms with Crippen LogP contribution in [-0.4, -0.2) is 60.0 Å². The highest BCUT2D eigenvalue weighted by Crippen LogP contribution is 2.44. The van der Waals surface area contributed by atoms with Gasteiger partial charge in [0, 0.05) is 38.4 Å². The summed E-state index contributed by atoms with van der Waals surface area (Å²) >= 11 is 1.30. The lowest BCUT2D eigenvalue weighted by molar-refractivity contribution is -0.160. The molecule has 1 atom stereocenters. The number of hydrogen-bond donors (Lipinski definition) is 1. The highest BCUT2D eigenvalue weighted by Gasteiger charge is 2.43. The van der Waals surface area contributed by atoms with Crippen LogP contribution in [0, 0.1) is 0 Å². The number of nitrogens with zero attached hydrogens (tertiary/aromatic N) is 2. The average Bonchev–Trinajstić information content (AvgIpc) is 2.85. The van der Waals surface area contributed by atoms with Crippen LogP contribution in [0.5, 0.6) is 0 Å². The standard InChI is InChI=1S/C27H32N2O4S/c1-28-15-17-29(18-16-28)24(31)13-8-14-27(22-11-6-3-7-12-22)19-23(30)25(26(32)33-27)34-20-21-9-4-2-5-10-21/h2-7,9-12,30H,8,13-20H2,1H3. The topological polar surface area (TPSA) is 70.1 Å². The lowest BCUT2D eigenvalue weighted by Gasteiger charge is -2.38. The smallest absolute Gasteiger partial charge is 0.348 e. The molecule has 2 aliphatic rings. The van der Waals surface area contributed by atoms with E-state index in [9.17, 15) is 14.7 Å². The largest absolute Gasteiger partial charge is 0.511 e. The molecule has 1 saturated heterocycles. The Bertz CT molecular complexity index is 1020. The molecule has 1 unspecified atom stereocenters. The Labute approximate surface area is 205 Å². The highest BCUT2D eigenvalue weighted by molar-refractivity contribution is 8.03. The molecule has 4 rings (SSSR count). The first-order valence-electron chi connectivity index (χ1n) is 11.8. The number of cyclic esters (lactones) is 1. The molecule has 1 fully saturated rings. The molecule has 2 aromatic carbocycles. The maximum Gasteiger partial charge on any atom is 0.348 e. The van der Waals surface area contributed by atoms with Crippen LogP contribution >= 0.6 is 11.8 Å². The SMILES string of the molecule is CN1CCN(C(=O)CCCC2(c3ccccc3)CC(O)=C(SCc3ccccc3)C(=O)O2)CC1. The van der Waals surface area contributed by atoms with Gasteiger partial charge >= 0.3 is 5.97 Å². The minimum absolute atomic E-state index is 0.0615. The fourth-order valence-electron chi connectivity index (χ4n) is 4.53. The summed E-state index contributed by atoms with van der Waals surface area (Å²) in [7, 11) is 2.06. The Kier molecular flexibility index (Phi) is 7.95. The van der Waals surface area contributed by atoms with Crippen LogP contribution in [0.1, 0.15) is 36.8 Å². The van der Waals surface area contributed by atoms with Crippen molar-refractivity contribution < 1.29 is 19.4 Å². The number of carbonyl (C=O) groups is 2. The predicted molar refractivity (Wildman–Crippen MR) is 134 cm³/mol. The second-order valence-corrected chi connectivity index (χ2v) is 10.00. The van der Waals surface area contributed by atoms with E-state index < -0.39 is 11.6 Å². The molecule has 0 saturated carbocycles. The number of hydrogen-bond acceptors (Lipinski definition) is 6. The molecule has 0 aliphatic carbocycles. The molecule has 2 aromatic rings. The van der Waals surface area contributed by atoms with Crippen molar-refractivity contribution in [2.75, 3.05) is 33.2 Å². The van der Waals surface area contributed by atoms with E-state index in [1.54, 1.807) is 0 Å². The number of amides is 1. The number of aliphatic hydroxyl groups is 1. The van der Waals surface area contributed by atoms with Crippen LogP contribution in [0.3, 0.4) is 0 Å². The molecular weight excluding hydrogens is 448 g/mol. The molecule has 0 spiro atoms. The highest BCUT2D eigenvalue weighted by atomic mass is 32.2. The summed E-state index contributed by atoms with van der Waals surface area (Å²) in [4.78, 5) is 30.2. The summed E-state index contributed by atoms with van der Waals surface area (Å²) in [5.74, 6) is 0.274. The summed E-state index contributed by atoms with van der Waals surface area (Å²) in [6.45, 7) is 3.28. The van der Waals surface area contributed by atoms with Gasteiger partial charge in [-0.05, 0) is 31.0 Å². The van der Waals surface area contributed by atoms with Gasteiger partial charge in [-0.25, -0.2) is 4.79 Å². The van der Waals surface area contributed by atoms with E-state index in [0.29, 0.717) is 25.0 Å². The lowest BCUT2D eigenvalue weighted by Crippen LogP contribution is -2.47. The van der Waals surface area contributed by atoms with Crippen LogP contribution in [0.15, 0.2) is 71.3 Å². The second kappa shape index (κ2) is 11.1. The van der Waals surface area contributed by atoms with Gasteiger partial charge in [-0.3, -0.25) is 4.79 Å². The van der Waals surface area contributed by atoms with Gasteiger partial charge in [-0.2, -0.15) is 0 Å². The van der Waals surface area contributed by atoms with E-state index in [2.05, 4.69) is 11.9 Å². The van der Waals surface area contributed by atoms with Crippen molar-refractivity contribution in [1.29, 1.82) is 0 Å². The zero-order chi connectivity index (χ0) is 24.0. The third kappa shape index (κ3) is 5.83. The van der Waals surface area contributed by atoms with Gasteiger partial charge in [0.15, 0.2) is 0 Å².